The van der Waals surface area contributed by atoms with Crippen molar-refractivity contribution in [3.8, 4) is 0 Å². The van der Waals surface area contributed by atoms with E-state index in [1.165, 1.54) is 0 Å². The van der Waals surface area contributed by atoms with E-state index < -0.39 is 0 Å². The van der Waals surface area contributed by atoms with Gasteiger partial charge in [-0.15, -0.1) is 0 Å². The molecule has 3 rings (SSSR count). The molecule has 0 unspecified atom stereocenters. The van der Waals surface area contributed by atoms with Crippen molar-refractivity contribution >= 4 is 28.5 Å². The molecule has 0 bridgehead atoms. The largest absolute Gasteiger partial charge is 0.334 e. The summed E-state index contributed by atoms with van der Waals surface area (Å²) in [6, 6.07) is 8.25. The molecule has 2 saturated heterocycles. The van der Waals surface area contributed by atoms with Gasteiger partial charge in [-0.25, -0.2) is 0 Å². The van der Waals surface area contributed by atoms with Crippen LogP contribution in [0, 0.1) is 9.49 Å². The Bertz CT molecular complexity index is 449. The number of halogens is 1. The first-order valence-corrected chi connectivity index (χ1v) is 7.11. The minimum absolute atomic E-state index is 0.200. The second-order valence-corrected chi connectivity index (χ2v) is 5.91. The van der Waals surface area contributed by atoms with Gasteiger partial charge in [0.05, 0.1) is 5.56 Å². The van der Waals surface area contributed by atoms with Gasteiger partial charge in [0.15, 0.2) is 0 Å². The molecule has 3 nitrogen and oxygen atoms in total. The molecule has 0 aliphatic carbocycles. The van der Waals surface area contributed by atoms with Crippen LogP contribution in [0.25, 0.3) is 0 Å². The highest BCUT2D eigenvalue weighted by molar-refractivity contribution is 14.1. The van der Waals surface area contributed by atoms with Gasteiger partial charge in [0.25, 0.3) is 5.91 Å². The van der Waals surface area contributed by atoms with Crippen LogP contribution >= 0.6 is 22.6 Å². The summed E-state index contributed by atoms with van der Waals surface area (Å²) in [5, 5.41) is 3.38. The summed E-state index contributed by atoms with van der Waals surface area (Å²) < 4.78 is 1.05. The number of hydrogen-bond donors (Lipinski definition) is 1. The van der Waals surface area contributed by atoms with Crippen LogP contribution in [0.2, 0.25) is 0 Å². The molecule has 90 valence electrons. The van der Waals surface area contributed by atoms with E-state index in [1.54, 1.807) is 0 Å². The van der Waals surface area contributed by atoms with Crippen molar-refractivity contribution in [2.24, 2.45) is 5.92 Å². The first-order chi connectivity index (χ1) is 8.27. The molecule has 1 amide bonds. The number of carbonyl (C=O) groups excluding carboxylic acids is 1. The number of hydrogen-bond acceptors (Lipinski definition) is 2. The van der Waals surface area contributed by atoms with Gasteiger partial charge in [-0.2, -0.15) is 0 Å². The SMILES string of the molecule is O=C(c1ccccc1I)N1CC[C@H]2CNC[C@H]21. The van der Waals surface area contributed by atoms with E-state index >= 15 is 0 Å². The van der Waals surface area contributed by atoms with Gasteiger partial charge >= 0.3 is 0 Å². The second-order valence-electron chi connectivity index (χ2n) is 4.75. The normalized spacial score (nSPS) is 27.2. The lowest BCUT2D eigenvalue weighted by Gasteiger charge is -2.23. The van der Waals surface area contributed by atoms with Crippen molar-refractivity contribution in [3.05, 3.63) is 33.4 Å². The Morgan fingerprint density at radius 3 is 3.00 bits per heavy atom. The number of carbonyl (C=O) groups is 1. The number of likely N-dealkylation sites (tertiary alicyclic amines) is 1. The number of fused-ring (bicyclic) bond motifs is 1. The third kappa shape index (κ3) is 1.97. The lowest BCUT2D eigenvalue weighted by molar-refractivity contribution is 0.0736. The molecule has 2 heterocycles. The summed E-state index contributed by atoms with van der Waals surface area (Å²) in [4.78, 5) is 14.6. The van der Waals surface area contributed by atoms with E-state index in [0.717, 1.165) is 35.2 Å². The molecule has 2 atom stereocenters. The lowest BCUT2D eigenvalue weighted by atomic mass is 10.0. The molecule has 0 aromatic heterocycles. The number of amides is 1. The van der Waals surface area contributed by atoms with E-state index in [0.29, 0.717) is 12.0 Å². The summed E-state index contributed by atoms with van der Waals surface area (Å²) >= 11 is 2.24. The highest BCUT2D eigenvalue weighted by Gasteiger charge is 2.40. The average molecular weight is 342 g/mol. The zero-order chi connectivity index (χ0) is 11.8. The lowest BCUT2D eigenvalue weighted by Crippen LogP contribution is -2.39. The van der Waals surface area contributed by atoms with E-state index in [1.807, 2.05) is 24.3 Å². The minimum atomic E-state index is 0.200. The highest BCUT2D eigenvalue weighted by atomic mass is 127. The molecule has 0 spiro atoms. The van der Waals surface area contributed by atoms with Crippen LogP contribution in [-0.4, -0.2) is 36.5 Å². The van der Waals surface area contributed by atoms with Crippen LogP contribution in [0.4, 0.5) is 0 Å². The molecular weight excluding hydrogens is 327 g/mol. The van der Waals surface area contributed by atoms with Gasteiger partial charge in [-0.1, -0.05) is 12.1 Å². The Morgan fingerprint density at radius 2 is 2.18 bits per heavy atom. The number of nitrogens with zero attached hydrogens (tertiary/aromatic N) is 1. The summed E-state index contributed by atoms with van der Waals surface area (Å²) in [6.45, 7) is 2.95. The third-order valence-electron chi connectivity index (χ3n) is 3.81. The third-order valence-corrected chi connectivity index (χ3v) is 4.75. The molecule has 2 aliphatic rings. The monoisotopic (exact) mass is 342 g/mol. The Labute approximate surface area is 115 Å². The quantitative estimate of drug-likeness (QED) is 0.789. The van der Waals surface area contributed by atoms with Gasteiger partial charge in [0.2, 0.25) is 0 Å². The van der Waals surface area contributed by atoms with Gasteiger partial charge < -0.3 is 10.2 Å². The van der Waals surface area contributed by atoms with Gasteiger partial charge in [0, 0.05) is 29.2 Å². The Morgan fingerprint density at radius 1 is 1.35 bits per heavy atom. The summed E-state index contributed by atoms with van der Waals surface area (Å²) in [7, 11) is 0. The Balaban J connectivity index is 1.85. The molecule has 2 fully saturated rings. The maximum atomic E-state index is 12.5. The number of benzene rings is 1. The van der Waals surface area contributed by atoms with Crippen molar-refractivity contribution in [2.45, 2.75) is 12.5 Å². The first-order valence-electron chi connectivity index (χ1n) is 6.03. The van der Waals surface area contributed by atoms with Crippen molar-refractivity contribution < 1.29 is 4.79 Å². The van der Waals surface area contributed by atoms with Gasteiger partial charge in [-0.3, -0.25) is 4.79 Å². The fourth-order valence-electron chi connectivity index (χ4n) is 2.89. The topological polar surface area (TPSA) is 32.3 Å². The summed E-state index contributed by atoms with van der Waals surface area (Å²) in [5.41, 5.74) is 0.848. The predicted octanol–water partition coefficient (Wildman–Crippen LogP) is 1.73. The number of nitrogens with one attached hydrogen (secondary N) is 1. The fourth-order valence-corrected chi connectivity index (χ4v) is 3.51. The minimum Gasteiger partial charge on any atom is -0.334 e. The van der Waals surface area contributed by atoms with Gasteiger partial charge in [-0.05, 0) is 47.1 Å². The van der Waals surface area contributed by atoms with Crippen LogP contribution in [-0.2, 0) is 0 Å². The maximum absolute atomic E-state index is 12.5. The van der Waals surface area contributed by atoms with Crippen LogP contribution in [0.15, 0.2) is 24.3 Å². The van der Waals surface area contributed by atoms with Gasteiger partial charge in [0.1, 0.15) is 0 Å². The van der Waals surface area contributed by atoms with Crippen LogP contribution in [0.5, 0.6) is 0 Å². The first kappa shape index (κ1) is 11.5. The molecule has 17 heavy (non-hydrogen) atoms. The van der Waals surface area contributed by atoms with Crippen molar-refractivity contribution in [2.75, 3.05) is 19.6 Å². The van der Waals surface area contributed by atoms with E-state index in [4.69, 9.17) is 0 Å². The van der Waals surface area contributed by atoms with Crippen LogP contribution < -0.4 is 5.32 Å². The van der Waals surface area contributed by atoms with Crippen molar-refractivity contribution in [1.82, 2.24) is 10.2 Å². The highest BCUT2D eigenvalue weighted by Crippen LogP contribution is 2.29. The zero-order valence-corrected chi connectivity index (χ0v) is 11.7. The Kier molecular flexibility index (Phi) is 3.08. The van der Waals surface area contributed by atoms with E-state index in [2.05, 4.69) is 32.8 Å². The zero-order valence-electron chi connectivity index (χ0n) is 9.53. The molecule has 4 heteroatoms. The molecule has 1 aromatic rings. The molecule has 0 saturated carbocycles. The molecule has 1 N–H and O–H groups in total. The van der Waals surface area contributed by atoms with E-state index in [9.17, 15) is 4.79 Å². The fraction of sp³-hybridized carbons (Fsp3) is 0.462. The smallest absolute Gasteiger partial charge is 0.255 e. The maximum Gasteiger partial charge on any atom is 0.255 e. The Hall–Kier alpha value is -0.620. The predicted molar refractivity (Wildman–Crippen MR) is 75.0 cm³/mol. The van der Waals surface area contributed by atoms with Crippen molar-refractivity contribution in [1.29, 1.82) is 0 Å². The van der Waals surface area contributed by atoms with E-state index in [-0.39, 0.29) is 5.91 Å². The second kappa shape index (κ2) is 4.57. The van der Waals surface area contributed by atoms with Crippen molar-refractivity contribution in [3.63, 3.8) is 0 Å². The molecule has 1 aromatic carbocycles. The summed E-state index contributed by atoms with van der Waals surface area (Å²) in [5.74, 6) is 0.867. The molecular formula is C13H15IN2O. The van der Waals surface area contributed by atoms with Crippen LogP contribution in [0.3, 0.4) is 0 Å². The van der Waals surface area contributed by atoms with Crippen LogP contribution in [0.1, 0.15) is 16.8 Å². The standard InChI is InChI=1S/C13H15IN2O/c14-11-4-2-1-3-10(11)13(17)16-6-5-9-7-15-8-12(9)16/h1-4,9,12,15H,5-8H2/t9-,12+/m0/s1. The molecule has 0 radical (unpaired) electrons. The summed E-state index contributed by atoms with van der Waals surface area (Å²) in [6.07, 6.45) is 1.15. The molecule has 2 aliphatic heterocycles. The average Bonchev–Trinajstić information content (AvgIpc) is 2.90. The number of rotatable bonds is 1.